The number of methoxy groups -OCH3 is 2. The van der Waals surface area contributed by atoms with E-state index in [2.05, 4.69) is 0 Å². The number of carbonyl (C=O) groups excluding carboxylic acids is 4. The Bertz CT molecular complexity index is 1860. The molecule has 1 aliphatic carbocycles. The van der Waals surface area contributed by atoms with Gasteiger partial charge in [-0.05, 0) is 32.1 Å². The number of hydrogen-bond donors (Lipinski definition) is 10. The summed E-state index contributed by atoms with van der Waals surface area (Å²) in [6.45, 7) is 2.16. The zero-order valence-electron chi connectivity index (χ0n) is 38.1. The fraction of sp³-hybridized carbons (Fsp3) is 0.727. The van der Waals surface area contributed by atoms with Gasteiger partial charge < -0.3 is 98.4 Å². The van der Waals surface area contributed by atoms with Crippen molar-refractivity contribution in [3.63, 3.8) is 0 Å². The molecule has 5 rings (SSSR count). The smallest absolute Gasteiger partial charge is 0.337 e. The van der Waals surface area contributed by atoms with E-state index in [4.69, 9.17) is 47.4 Å². The standard InChI is InChI=1S/C44H64O24/c1-6-20-23(26(39(57)59-4)16-62-41(20)67-43-37(55)35(53)33(51)29(13-47)65-43)9-31(49)61-15-25-18(3)28(8-22(25)19(11-45)12-46)64-32(50)10-24-21(7-2)42(63-17-27(24)40(58)60-5)68-44-38(56)36(54)34(52)30(14-48)66-44/h6-7,16-19,22-25,28-30,33-38,41-48,51-56H,8-15H2,1-5H3/t18-,22-,23?,24?,25+,28-,29+,30+,33+,34+,35-,36-,37+,38+,41?,42?,43-,44-/m0/s1. The van der Waals surface area contributed by atoms with Gasteiger partial charge in [-0.15, -0.1) is 0 Å². The number of esters is 4. The van der Waals surface area contributed by atoms with E-state index in [1.54, 1.807) is 20.8 Å². The van der Waals surface area contributed by atoms with Crippen LogP contribution in [0.2, 0.25) is 0 Å². The summed E-state index contributed by atoms with van der Waals surface area (Å²) in [5, 5.41) is 102. The van der Waals surface area contributed by atoms with Crippen molar-refractivity contribution in [2.75, 3.05) is 47.3 Å². The molecule has 4 unspecified atom stereocenters. The summed E-state index contributed by atoms with van der Waals surface area (Å²) in [7, 11) is 2.23. The molecule has 5 aliphatic rings. The topological polar surface area (TPSA) is 363 Å². The Morgan fingerprint density at radius 1 is 0.676 bits per heavy atom. The van der Waals surface area contributed by atoms with Gasteiger partial charge in [-0.3, -0.25) is 9.59 Å². The van der Waals surface area contributed by atoms with E-state index >= 15 is 0 Å². The SMILES string of the molecule is CC=C1C(O[C@@H]2O[C@H](CO)[C@@H](O)[C@H](O)[C@H]2O)OC=C(C(=O)OC)C1CC(=O)OC[C@@H]1[C@H](C)[C@@H](OC(=O)CC2C(C(=O)OC)=COC(O[C@@H]3O[C@H](CO)[C@@H](O)[C@H](O)[C@H]3O)C2=CC)C[C@H]1C(CO)CO. The molecule has 4 aliphatic heterocycles. The van der Waals surface area contributed by atoms with E-state index in [9.17, 15) is 70.2 Å². The Morgan fingerprint density at radius 3 is 1.51 bits per heavy atom. The first-order valence-corrected chi connectivity index (χ1v) is 22.1. The zero-order chi connectivity index (χ0) is 50.1. The maximum Gasteiger partial charge on any atom is 0.337 e. The Morgan fingerprint density at radius 2 is 1.12 bits per heavy atom. The Labute approximate surface area is 390 Å². The second-order valence-corrected chi connectivity index (χ2v) is 17.1. The van der Waals surface area contributed by atoms with Crippen molar-refractivity contribution >= 4 is 23.9 Å². The van der Waals surface area contributed by atoms with Crippen molar-refractivity contribution in [2.24, 2.45) is 35.5 Å². The van der Waals surface area contributed by atoms with E-state index in [0.29, 0.717) is 0 Å². The summed E-state index contributed by atoms with van der Waals surface area (Å²) in [5.74, 6) is -7.97. The van der Waals surface area contributed by atoms with Crippen LogP contribution < -0.4 is 0 Å². The highest BCUT2D eigenvalue weighted by Gasteiger charge is 2.50. The van der Waals surface area contributed by atoms with Gasteiger partial charge in [0.25, 0.3) is 0 Å². The zero-order valence-corrected chi connectivity index (χ0v) is 38.1. The average molecular weight is 977 g/mol. The van der Waals surface area contributed by atoms with Crippen molar-refractivity contribution in [1.82, 2.24) is 0 Å². The minimum Gasteiger partial charge on any atom is -0.468 e. The molecular formula is C44H64O24. The maximum atomic E-state index is 13.9. The third kappa shape index (κ3) is 11.9. The van der Waals surface area contributed by atoms with Crippen LogP contribution in [0.1, 0.15) is 40.0 Å². The molecule has 0 aromatic heterocycles. The maximum absolute atomic E-state index is 13.9. The third-order valence-corrected chi connectivity index (χ3v) is 13.3. The van der Waals surface area contributed by atoms with Gasteiger partial charge in [0.2, 0.25) is 12.6 Å². The van der Waals surface area contributed by atoms with Crippen molar-refractivity contribution in [1.29, 1.82) is 0 Å². The molecule has 384 valence electrons. The fourth-order valence-corrected chi connectivity index (χ4v) is 9.27. The van der Waals surface area contributed by atoms with Crippen LogP contribution in [0.4, 0.5) is 0 Å². The monoisotopic (exact) mass is 976 g/mol. The number of allylic oxidation sites excluding steroid dienone is 2. The normalized spacial score (nSPS) is 38.5. The molecule has 4 heterocycles. The first kappa shape index (κ1) is 54.8. The van der Waals surface area contributed by atoms with Crippen LogP contribution in [0.5, 0.6) is 0 Å². The number of rotatable bonds is 18. The molecule has 0 radical (unpaired) electrons. The highest BCUT2D eigenvalue weighted by Crippen LogP contribution is 2.45. The summed E-state index contributed by atoms with van der Waals surface area (Å²) < 4.78 is 55.5. The molecule has 68 heavy (non-hydrogen) atoms. The predicted octanol–water partition coefficient (Wildman–Crippen LogP) is -3.32. The lowest BCUT2D eigenvalue weighted by atomic mass is 9.82. The second kappa shape index (κ2) is 24.6. The molecular weight excluding hydrogens is 912 g/mol. The van der Waals surface area contributed by atoms with E-state index in [1.165, 1.54) is 12.2 Å². The minimum absolute atomic E-state index is 0.100. The van der Waals surface area contributed by atoms with E-state index in [1.807, 2.05) is 0 Å². The number of aliphatic hydroxyl groups is 10. The summed E-state index contributed by atoms with van der Waals surface area (Å²) in [6.07, 6.45) is -15.9. The molecule has 24 heteroatoms. The van der Waals surface area contributed by atoms with Gasteiger partial charge in [0, 0.05) is 48.0 Å². The highest BCUT2D eigenvalue weighted by atomic mass is 16.8. The van der Waals surface area contributed by atoms with Gasteiger partial charge in [-0.1, -0.05) is 19.1 Å². The molecule has 3 fully saturated rings. The van der Waals surface area contributed by atoms with E-state index in [-0.39, 0.29) is 35.3 Å². The van der Waals surface area contributed by atoms with Gasteiger partial charge in [-0.25, -0.2) is 9.59 Å². The van der Waals surface area contributed by atoms with Crippen LogP contribution in [0, 0.1) is 35.5 Å². The van der Waals surface area contributed by atoms with Crippen LogP contribution in [0.25, 0.3) is 0 Å². The van der Waals surface area contributed by atoms with Gasteiger partial charge in [0.15, 0.2) is 12.6 Å². The van der Waals surface area contributed by atoms with Crippen LogP contribution in [-0.4, -0.2) is 202 Å². The molecule has 0 aromatic rings. The highest BCUT2D eigenvalue weighted by molar-refractivity contribution is 5.91. The summed E-state index contributed by atoms with van der Waals surface area (Å²) in [6, 6.07) is 0. The molecule has 1 saturated carbocycles. The van der Waals surface area contributed by atoms with Crippen molar-refractivity contribution in [3.05, 3.63) is 47.0 Å². The number of hydrogen-bond acceptors (Lipinski definition) is 24. The van der Waals surface area contributed by atoms with Crippen molar-refractivity contribution in [3.8, 4) is 0 Å². The van der Waals surface area contributed by atoms with Crippen molar-refractivity contribution in [2.45, 2.75) is 120 Å². The Hall–Kier alpha value is -4.12. The largest absolute Gasteiger partial charge is 0.468 e. The van der Waals surface area contributed by atoms with E-state index in [0.717, 1.165) is 26.7 Å². The van der Waals surface area contributed by atoms with Crippen molar-refractivity contribution < 1.29 is 118 Å². The third-order valence-electron chi connectivity index (χ3n) is 13.3. The lowest BCUT2D eigenvalue weighted by Gasteiger charge is -2.42. The van der Waals surface area contributed by atoms with Crippen LogP contribution >= 0.6 is 0 Å². The molecule has 0 aromatic carbocycles. The molecule has 18 atom stereocenters. The first-order chi connectivity index (χ1) is 32.4. The van der Waals surface area contributed by atoms with Gasteiger partial charge in [0.05, 0.1) is 70.6 Å². The summed E-state index contributed by atoms with van der Waals surface area (Å²) in [4.78, 5) is 53.5. The van der Waals surface area contributed by atoms with Gasteiger partial charge in [-0.2, -0.15) is 0 Å². The first-order valence-electron chi connectivity index (χ1n) is 22.1. The second-order valence-electron chi connectivity index (χ2n) is 17.1. The molecule has 0 bridgehead atoms. The minimum atomic E-state index is -1.80. The van der Waals surface area contributed by atoms with Gasteiger partial charge >= 0.3 is 23.9 Å². The Kier molecular flexibility index (Phi) is 19.9. The number of ether oxygens (including phenoxy) is 10. The quantitative estimate of drug-likeness (QED) is 0.0365. The molecule has 24 nitrogen and oxygen atoms in total. The fourth-order valence-electron chi connectivity index (χ4n) is 9.27. The van der Waals surface area contributed by atoms with Crippen LogP contribution in [-0.2, 0) is 66.5 Å². The summed E-state index contributed by atoms with van der Waals surface area (Å²) >= 11 is 0. The lowest BCUT2D eigenvalue weighted by molar-refractivity contribution is -0.327. The van der Waals surface area contributed by atoms with Crippen LogP contribution in [0.3, 0.4) is 0 Å². The molecule has 2 saturated heterocycles. The predicted molar refractivity (Wildman–Crippen MR) is 223 cm³/mol. The number of carbonyl (C=O) groups is 4. The molecule has 10 N–H and O–H groups in total. The summed E-state index contributed by atoms with van der Waals surface area (Å²) in [5.41, 5.74) is 0.168. The van der Waals surface area contributed by atoms with Gasteiger partial charge in [0.1, 0.15) is 54.9 Å². The molecule has 0 amide bonds. The average Bonchev–Trinajstić information content (AvgIpc) is 3.63. The Balaban J connectivity index is 1.29. The van der Waals surface area contributed by atoms with E-state index < -0.39 is 179 Å². The molecule has 0 spiro atoms. The lowest BCUT2D eigenvalue weighted by Crippen LogP contribution is -2.60. The van der Waals surface area contributed by atoms with Crippen LogP contribution in [0.15, 0.2) is 47.0 Å². The number of aliphatic hydroxyl groups excluding tert-OH is 10.